The molecule has 1 unspecified atom stereocenters. The van der Waals surface area contributed by atoms with Gasteiger partial charge in [0.1, 0.15) is 11.7 Å². The van der Waals surface area contributed by atoms with Gasteiger partial charge in [0, 0.05) is 5.39 Å². The lowest BCUT2D eigenvalue weighted by atomic mass is 9.93. The SMILES string of the molecule is CCOC(=O)C(Cc1ccc(Cl)c(Cl)c1)c1n[nH]c(=O)c2c(F)cccc12. The highest BCUT2D eigenvalue weighted by Crippen LogP contribution is 2.29. The number of fused-ring (bicyclic) bond motifs is 1. The van der Waals surface area contributed by atoms with Gasteiger partial charge >= 0.3 is 5.97 Å². The quantitative estimate of drug-likeness (QED) is 0.640. The maximum absolute atomic E-state index is 14.2. The summed E-state index contributed by atoms with van der Waals surface area (Å²) in [6.07, 6.45) is 0.195. The van der Waals surface area contributed by atoms with Crippen molar-refractivity contribution in [2.24, 2.45) is 0 Å². The van der Waals surface area contributed by atoms with E-state index < -0.39 is 23.3 Å². The molecule has 0 bridgehead atoms. The average molecular weight is 409 g/mol. The molecule has 0 amide bonds. The molecule has 3 rings (SSSR count). The standard InChI is InChI=1S/C19H15Cl2FN2O3/c1-2-27-19(26)12(8-10-6-7-13(20)14(21)9-10)17-11-4-3-5-15(22)16(11)18(25)24-23-17/h3-7,9,12H,2,8H2,1H3,(H,24,25). The molecule has 1 aromatic heterocycles. The summed E-state index contributed by atoms with van der Waals surface area (Å²) in [5, 5.41) is 7.14. The van der Waals surface area contributed by atoms with E-state index >= 15 is 0 Å². The summed E-state index contributed by atoms with van der Waals surface area (Å²) in [5.41, 5.74) is 0.289. The molecule has 0 fully saturated rings. The van der Waals surface area contributed by atoms with Gasteiger partial charge in [0.15, 0.2) is 0 Å². The first-order chi connectivity index (χ1) is 12.9. The first kappa shape index (κ1) is 19.3. The second-order valence-electron chi connectivity index (χ2n) is 5.86. The summed E-state index contributed by atoms with van der Waals surface area (Å²) in [6.45, 7) is 1.86. The van der Waals surface area contributed by atoms with Crippen molar-refractivity contribution in [2.45, 2.75) is 19.3 Å². The molecule has 3 aromatic rings. The van der Waals surface area contributed by atoms with Crippen LogP contribution in [-0.2, 0) is 16.0 Å². The Bertz CT molecular complexity index is 1070. The molecule has 5 nitrogen and oxygen atoms in total. The van der Waals surface area contributed by atoms with Gasteiger partial charge in [-0.15, -0.1) is 0 Å². The maximum Gasteiger partial charge on any atom is 0.315 e. The number of halogens is 3. The molecule has 1 N–H and O–H groups in total. The Morgan fingerprint density at radius 1 is 1.26 bits per heavy atom. The van der Waals surface area contributed by atoms with Crippen molar-refractivity contribution in [3.8, 4) is 0 Å². The number of carbonyl (C=O) groups is 1. The minimum absolute atomic E-state index is 0.147. The van der Waals surface area contributed by atoms with Gasteiger partial charge in [0.2, 0.25) is 0 Å². The van der Waals surface area contributed by atoms with E-state index in [4.69, 9.17) is 27.9 Å². The fourth-order valence-electron chi connectivity index (χ4n) is 2.90. The number of carbonyl (C=O) groups excluding carboxylic acids is 1. The Labute approximate surface area is 164 Å². The fourth-order valence-corrected chi connectivity index (χ4v) is 3.22. The minimum Gasteiger partial charge on any atom is -0.465 e. The molecule has 0 aliphatic carbocycles. The predicted molar refractivity (Wildman–Crippen MR) is 102 cm³/mol. The van der Waals surface area contributed by atoms with E-state index in [1.807, 2.05) is 0 Å². The minimum atomic E-state index is -0.858. The number of benzene rings is 2. The van der Waals surface area contributed by atoms with Gasteiger partial charge in [-0.1, -0.05) is 41.4 Å². The lowest BCUT2D eigenvalue weighted by Gasteiger charge is -2.17. The van der Waals surface area contributed by atoms with Crippen molar-refractivity contribution >= 4 is 39.9 Å². The molecule has 2 aromatic carbocycles. The number of H-pyrrole nitrogens is 1. The van der Waals surface area contributed by atoms with Crippen molar-refractivity contribution < 1.29 is 13.9 Å². The van der Waals surface area contributed by atoms with Gasteiger partial charge in [-0.3, -0.25) is 9.59 Å². The third-order valence-electron chi connectivity index (χ3n) is 4.12. The van der Waals surface area contributed by atoms with Crippen molar-refractivity contribution in [3.05, 3.63) is 73.9 Å². The fraction of sp³-hybridized carbons (Fsp3) is 0.211. The molecule has 27 heavy (non-hydrogen) atoms. The van der Waals surface area contributed by atoms with E-state index in [2.05, 4.69) is 10.2 Å². The number of esters is 1. The van der Waals surface area contributed by atoms with Crippen LogP contribution in [0.15, 0.2) is 41.2 Å². The number of hydrogen-bond donors (Lipinski definition) is 1. The Morgan fingerprint density at radius 2 is 2.04 bits per heavy atom. The lowest BCUT2D eigenvalue weighted by molar-refractivity contribution is -0.145. The van der Waals surface area contributed by atoms with Crippen molar-refractivity contribution in [2.75, 3.05) is 6.61 Å². The molecule has 1 heterocycles. The highest BCUT2D eigenvalue weighted by Gasteiger charge is 2.27. The largest absolute Gasteiger partial charge is 0.465 e. The monoisotopic (exact) mass is 408 g/mol. The summed E-state index contributed by atoms with van der Waals surface area (Å²) >= 11 is 12.0. The Kier molecular flexibility index (Phi) is 5.77. The van der Waals surface area contributed by atoms with Crippen LogP contribution in [0.25, 0.3) is 10.8 Å². The van der Waals surface area contributed by atoms with Crippen LogP contribution in [0.4, 0.5) is 4.39 Å². The third kappa shape index (κ3) is 3.96. The Balaban J connectivity index is 2.14. The highest BCUT2D eigenvalue weighted by atomic mass is 35.5. The van der Waals surface area contributed by atoms with Crippen LogP contribution in [-0.4, -0.2) is 22.8 Å². The maximum atomic E-state index is 14.2. The molecule has 0 aliphatic rings. The number of nitrogens with zero attached hydrogens (tertiary/aromatic N) is 1. The second-order valence-corrected chi connectivity index (χ2v) is 6.67. The zero-order valence-electron chi connectivity index (χ0n) is 14.3. The van der Waals surface area contributed by atoms with E-state index in [0.29, 0.717) is 10.0 Å². The normalized spacial score (nSPS) is 12.1. The van der Waals surface area contributed by atoms with E-state index in [9.17, 15) is 14.0 Å². The van der Waals surface area contributed by atoms with Gasteiger partial charge in [0.05, 0.1) is 27.7 Å². The van der Waals surface area contributed by atoms with Crippen LogP contribution in [0.3, 0.4) is 0 Å². The molecular weight excluding hydrogens is 394 g/mol. The summed E-state index contributed by atoms with van der Waals surface area (Å²) in [4.78, 5) is 24.6. The van der Waals surface area contributed by atoms with E-state index in [-0.39, 0.29) is 29.5 Å². The van der Waals surface area contributed by atoms with Gasteiger partial charge in [-0.05, 0) is 37.1 Å². The molecule has 1 atom stereocenters. The number of rotatable bonds is 5. The van der Waals surface area contributed by atoms with Crippen LogP contribution in [0.2, 0.25) is 10.0 Å². The van der Waals surface area contributed by atoms with Crippen LogP contribution in [0, 0.1) is 5.82 Å². The van der Waals surface area contributed by atoms with Gasteiger partial charge in [0.25, 0.3) is 5.56 Å². The smallest absolute Gasteiger partial charge is 0.315 e. The predicted octanol–water partition coefficient (Wildman–Crippen LogP) is 4.26. The van der Waals surface area contributed by atoms with E-state index in [1.165, 1.54) is 12.1 Å². The Hall–Kier alpha value is -2.44. The number of hydrogen-bond acceptors (Lipinski definition) is 4. The van der Waals surface area contributed by atoms with Gasteiger partial charge in [-0.2, -0.15) is 5.10 Å². The van der Waals surface area contributed by atoms with Gasteiger partial charge < -0.3 is 4.74 Å². The van der Waals surface area contributed by atoms with Crippen LogP contribution >= 0.6 is 23.2 Å². The van der Waals surface area contributed by atoms with Crippen LogP contribution in [0.5, 0.6) is 0 Å². The zero-order valence-corrected chi connectivity index (χ0v) is 15.8. The molecule has 0 saturated heterocycles. The summed E-state index contributed by atoms with van der Waals surface area (Å²) in [6, 6.07) is 9.19. The zero-order chi connectivity index (χ0) is 19.6. The molecule has 0 aliphatic heterocycles. The molecule has 0 saturated carbocycles. The molecule has 140 valence electrons. The second kappa shape index (κ2) is 8.06. The lowest BCUT2D eigenvalue weighted by Crippen LogP contribution is -2.23. The number of aromatic nitrogens is 2. The summed E-state index contributed by atoms with van der Waals surface area (Å²) in [5.74, 6) is -2.08. The topological polar surface area (TPSA) is 72.0 Å². The summed E-state index contributed by atoms with van der Waals surface area (Å²) in [7, 11) is 0. The number of nitrogens with one attached hydrogen (secondary N) is 1. The van der Waals surface area contributed by atoms with E-state index in [0.717, 1.165) is 5.56 Å². The number of ether oxygens (including phenoxy) is 1. The van der Waals surface area contributed by atoms with Crippen molar-refractivity contribution in [1.29, 1.82) is 0 Å². The molecule has 0 spiro atoms. The first-order valence-electron chi connectivity index (χ1n) is 8.19. The number of aromatic amines is 1. The molecule has 0 radical (unpaired) electrons. The highest BCUT2D eigenvalue weighted by molar-refractivity contribution is 6.42. The van der Waals surface area contributed by atoms with Crippen molar-refractivity contribution in [3.63, 3.8) is 0 Å². The summed E-state index contributed by atoms with van der Waals surface area (Å²) < 4.78 is 19.3. The van der Waals surface area contributed by atoms with Crippen LogP contribution < -0.4 is 5.56 Å². The van der Waals surface area contributed by atoms with Crippen molar-refractivity contribution in [1.82, 2.24) is 10.2 Å². The van der Waals surface area contributed by atoms with Crippen LogP contribution in [0.1, 0.15) is 24.1 Å². The van der Waals surface area contributed by atoms with E-state index in [1.54, 1.807) is 31.2 Å². The molecular formula is C19H15Cl2FN2O3. The first-order valence-corrected chi connectivity index (χ1v) is 8.95. The Morgan fingerprint density at radius 3 is 2.74 bits per heavy atom. The van der Waals surface area contributed by atoms with Gasteiger partial charge in [-0.25, -0.2) is 9.49 Å². The average Bonchev–Trinajstić information content (AvgIpc) is 2.63. The molecule has 8 heteroatoms. The third-order valence-corrected chi connectivity index (χ3v) is 4.86.